The van der Waals surface area contributed by atoms with Crippen LogP contribution >= 0.6 is 0 Å². The summed E-state index contributed by atoms with van der Waals surface area (Å²) in [7, 11) is 1.93. The fourth-order valence-corrected chi connectivity index (χ4v) is 1.42. The second kappa shape index (κ2) is 2.86. The van der Waals surface area contributed by atoms with E-state index in [1.807, 2.05) is 11.7 Å². The number of rotatable bonds is 3. The first kappa shape index (κ1) is 7.73. The largest absolute Gasteiger partial charge is 0.325 e. The van der Waals surface area contributed by atoms with Crippen LogP contribution in [0.3, 0.4) is 0 Å². The van der Waals surface area contributed by atoms with E-state index in [9.17, 15) is 0 Å². The van der Waals surface area contributed by atoms with Gasteiger partial charge in [0.25, 0.3) is 0 Å². The van der Waals surface area contributed by atoms with Gasteiger partial charge in [0, 0.05) is 13.6 Å². The molecule has 2 rings (SSSR count). The number of aromatic nitrogens is 3. The maximum atomic E-state index is 5.54. The van der Waals surface area contributed by atoms with Crippen LogP contribution in [-0.4, -0.2) is 15.0 Å². The summed E-state index contributed by atoms with van der Waals surface area (Å²) >= 11 is 0. The molecule has 1 saturated carbocycles. The lowest BCUT2D eigenvalue weighted by Crippen LogP contribution is -2.05. The SMILES string of the molecule is Cn1nnc(CN)c1CC1CC1. The van der Waals surface area contributed by atoms with Gasteiger partial charge in [-0.1, -0.05) is 5.21 Å². The predicted molar refractivity (Wildman–Crippen MR) is 45.3 cm³/mol. The molecule has 1 aromatic heterocycles. The third-order valence-corrected chi connectivity index (χ3v) is 2.40. The van der Waals surface area contributed by atoms with E-state index < -0.39 is 0 Å². The van der Waals surface area contributed by atoms with Crippen LogP contribution in [0.25, 0.3) is 0 Å². The lowest BCUT2D eigenvalue weighted by Gasteiger charge is -2.00. The van der Waals surface area contributed by atoms with Gasteiger partial charge in [-0.05, 0) is 25.2 Å². The first-order valence-corrected chi connectivity index (χ1v) is 4.38. The van der Waals surface area contributed by atoms with Crippen molar-refractivity contribution in [2.45, 2.75) is 25.8 Å². The maximum Gasteiger partial charge on any atom is 0.0994 e. The molecule has 1 fully saturated rings. The van der Waals surface area contributed by atoms with E-state index in [0.717, 1.165) is 18.0 Å². The summed E-state index contributed by atoms with van der Waals surface area (Å²) < 4.78 is 1.85. The molecule has 1 heterocycles. The zero-order valence-corrected chi connectivity index (χ0v) is 7.32. The Morgan fingerprint density at radius 3 is 2.92 bits per heavy atom. The van der Waals surface area contributed by atoms with Gasteiger partial charge in [-0.2, -0.15) is 0 Å². The summed E-state index contributed by atoms with van der Waals surface area (Å²) in [6.07, 6.45) is 3.82. The molecule has 1 aromatic rings. The Kier molecular flexibility index (Phi) is 1.84. The van der Waals surface area contributed by atoms with Crippen molar-refractivity contribution in [3.63, 3.8) is 0 Å². The fraction of sp³-hybridized carbons (Fsp3) is 0.750. The Hall–Kier alpha value is -0.900. The van der Waals surface area contributed by atoms with Crippen LogP contribution in [0.5, 0.6) is 0 Å². The molecule has 0 aliphatic heterocycles. The van der Waals surface area contributed by atoms with Gasteiger partial charge in [0.05, 0.1) is 11.4 Å². The molecular weight excluding hydrogens is 152 g/mol. The average molecular weight is 166 g/mol. The quantitative estimate of drug-likeness (QED) is 0.699. The molecule has 0 aromatic carbocycles. The normalized spacial score (nSPS) is 16.8. The highest BCUT2D eigenvalue weighted by Crippen LogP contribution is 2.32. The zero-order chi connectivity index (χ0) is 8.55. The van der Waals surface area contributed by atoms with Crippen molar-refractivity contribution in [2.75, 3.05) is 0 Å². The molecule has 1 aliphatic carbocycles. The van der Waals surface area contributed by atoms with Crippen LogP contribution in [0.15, 0.2) is 0 Å². The van der Waals surface area contributed by atoms with E-state index >= 15 is 0 Å². The minimum absolute atomic E-state index is 0.510. The lowest BCUT2D eigenvalue weighted by molar-refractivity contribution is 0.654. The predicted octanol–water partition coefficient (Wildman–Crippen LogP) is 0.226. The van der Waals surface area contributed by atoms with Gasteiger partial charge in [-0.25, -0.2) is 0 Å². The summed E-state index contributed by atoms with van der Waals surface area (Å²) in [6.45, 7) is 0.510. The molecule has 0 spiro atoms. The standard InChI is InChI=1S/C8H14N4/c1-12-8(4-6-2-3-6)7(5-9)10-11-12/h6H,2-5,9H2,1H3. The molecular formula is C8H14N4. The second-order valence-electron chi connectivity index (χ2n) is 3.46. The molecule has 0 amide bonds. The molecule has 4 heteroatoms. The van der Waals surface area contributed by atoms with Crippen LogP contribution in [0.1, 0.15) is 24.2 Å². The minimum Gasteiger partial charge on any atom is -0.325 e. The van der Waals surface area contributed by atoms with E-state index in [-0.39, 0.29) is 0 Å². The summed E-state index contributed by atoms with van der Waals surface area (Å²) in [5, 5.41) is 7.96. The smallest absolute Gasteiger partial charge is 0.0994 e. The molecule has 4 nitrogen and oxygen atoms in total. The number of hydrogen-bond acceptors (Lipinski definition) is 3. The number of nitrogens with two attached hydrogens (primary N) is 1. The van der Waals surface area contributed by atoms with Crippen molar-refractivity contribution in [1.82, 2.24) is 15.0 Å². The maximum absolute atomic E-state index is 5.54. The van der Waals surface area contributed by atoms with Gasteiger partial charge in [0.1, 0.15) is 0 Å². The highest BCUT2D eigenvalue weighted by molar-refractivity contribution is 5.11. The van der Waals surface area contributed by atoms with Gasteiger partial charge in [-0.3, -0.25) is 4.68 Å². The number of aryl methyl sites for hydroxylation is 1. The monoisotopic (exact) mass is 166 g/mol. The van der Waals surface area contributed by atoms with Crippen molar-refractivity contribution in [2.24, 2.45) is 18.7 Å². The summed E-state index contributed by atoms with van der Waals surface area (Å²) in [4.78, 5) is 0. The summed E-state index contributed by atoms with van der Waals surface area (Å²) in [5.41, 5.74) is 7.73. The molecule has 0 unspecified atom stereocenters. The van der Waals surface area contributed by atoms with Crippen molar-refractivity contribution in [3.8, 4) is 0 Å². The van der Waals surface area contributed by atoms with Gasteiger partial charge >= 0.3 is 0 Å². The number of nitrogens with zero attached hydrogens (tertiary/aromatic N) is 3. The van der Waals surface area contributed by atoms with E-state index in [0.29, 0.717) is 6.54 Å². The fourth-order valence-electron chi connectivity index (χ4n) is 1.42. The van der Waals surface area contributed by atoms with Gasteiger partial charge in [0.15, 0.2) is 0 Å². The highest BCUT2D eigenvalue weighted by atomic mass is 15.4. The van der Waals surface area contributed by atoms with Crippen LogP contribution in [0.4, 0.5) is 0 Å². The highest BCUT2D eigenvalue weighted by Gasteiger charge is 2.24. The Labute approximate surface area is 71.8 Å². The van der Waals surface area contributed by atoms with Crippen LogP contribution < -0.4 is 5.73 Å². The third-order valence-electron chi connectivity index (χ3n) is 2.40. The van der Waals surface area contributed by atoms with E-state index in [1.165, 1.54) is 18.5 Å². The summed E-state index contributed by atoms with van der Waals surface area (Å²) in [5.74, 6) is 0.868. The second-order valence-corrected chi connectivity index (χ2v) is 3.46. The van der Waals surface area contributed by atoms with Crippen LogP contribution in [0.2, 0.25) is 0 Å². The molecule has 0 bridgehead atoms. The van der Waals surface area contributed by atoms with Crippen LogP contribution in [-0.2, 0) is 20.0 Å². The third kappa shape index (κ3) is 1.34. The molecule has 1 aliphatic rings. The van der Waals surface area contributed by atoms with Gasteiger partial charge in [0.2, 0.25) is 0 Å². The zero-order valence-electron chi connectivity index (χ0n) is 7.32. The molecule has 2 N–H and O–H groups in total. The van der Waals surface area contributed by atoms with E-state index in [4.69, 9.17) is 5.73 Å². The topological polar surface area (TPSA) is 56.7 Å². The molecule has 66 valence electrons. The number of hydrogen-bond donors (Lipinski definition) is 1. The first-order valence-electron chi connectivity index (χ1n) is 4.38. The first-order chi connectivity index (χ1) is 5.81. The van der Waals surface area contributed by atoms with Crippen molar-refractivity contribution in [1.29, 1.82) is 0 Å². The molecule has 0 atom stereocenters. The van der Waals surface area contributed by atoms with Gasteiger partial charge < -0.3 is 5.73 Å². The summed E-state index contributed by atoms with van der Waals surface area (Å²) in [6, 6.07) is 0. The molecule has 12 heavy (non-hydrogen) atoms. The Morgan fingerprint density at radius 2 is 2.33 bits per heavy atom. The Balaban J connectivity index is 2.18. The Bertz CT molecular complexity index is 275. The van der Waals surface area contributed by atoms with Crippen molar-refractivity contribution < 1.29 is 0 Å². The molecule has 0 radical (unpaired) electrons. The van der Waals surface area contributed by atoms with E-state index in [2.05, 4.69) is 10.3 Å². The van der Waals surface area contributed by atoms with Gasteiger partial charge in [-0.15, -0.1) is 5.10 Å². The van der Waals surface area contributed by atoms with Crippen molar-refractivity contribution in [3.05, 3.63) is 11.4 Å². The molecule has 0 saturated heterocycles. The van der Waals surface area contributed by atoms with Crippen molar-refractivity contribution >= 4 is 0 Å². The van der Waals surface area contributed by atoms with Crippen LogP contribution in [0, 0.1) is 5.92 Å². The average Bonchev–Trinajstić information content (AvgIpc) is 2.80. The lowest BCUT2D eigenvalue weighted by atomic mass is 10.2. The van der Waals surface area contributed by atoms with E-state index in [1.54, 1.807) is 0 Å². The Morgan fingerprint density at radius 1 is 1.58 bits per heavy atom. The minimum atomic E-state index is 0.510.